The van der Waals surface area contributed by atoms with Crippen LogP contribution in [0.4, 0.5) is 0 Å². The first-order valence-corrected chi connectivity index (χ1v) is 14.6. The van der Waals surface area contributed by atoms with Gasteiger partial charge in [0.05, 0.1) is 12.3 Å². The van der Waals surface area contributed by atoms with Crippen molar-refractivity contribution in [2.24, 2.45) is 23.2 Å². The van der Waals surface area contributed by atoms with E-state index in [1.54, 1.807) is 0 Å². The number of rotatable bonds is 11. The Morgan fingerprint density at radius 2 is 1.70 bits per heavy atom. The quantitative estimate of drug-likeness (QED) is 0.303. The number of carbonyl (C=O) groups excluding carboxylic acids is 1. The molecule has 3 aromatic rings. The molecule has 0 radical (unpaired) electrons. The molecule has 7 nitrogen and oxygen atoms in total. The van der Waals surface area contributed by atoms with Gasteiger partial charge in [-0.05, 0) is 105 Å². The first kappa shape index (κ1) is 26.6. The Morgan fingerprint density at radius 1 is 1.00 bits per heavy atom. The highest BCUT2D eigenvalue weighted by molar-refractivity contribution is 5.83. The lowest BCUT2D eigenvalue weighted by Gasteiger charge is -2.55. The second kappa shape index (κ2) is 11.1. The number of aliphatic carboxylic acids is 1. The van der Waals surface area contributed by atoms with Gasteiger partial charge >= 0.3 is 5.97 Å². The molecule has 210 valence electrons. The molecule has 4 aliphatic rings. The number of carbonyl (C=O) groups is 2. The lowest BCUT2D eigenvalue weighted by molar-refractivity contribution is -0.146. The first-order valence-electron chi connectivity index (χ1n) is 14.6. The zero-order valence-electron chi connectivity index (χ0n) is 23.2. The van der Waals surface area contributed by atoms with E-state index in [0.29, 0.717) is 55.4 Å². The summed E-state index contributed by atoms with van der Waals surface area (Å²) in [5.74, 6) is 3.54. The number of oxazole rings is 1. The molecule has 4 bridgehead atoms. The molecule has 1 aromatic heterocycles. The van der Waals surface area contributed by atoms with Gasteiger partial charge in [0.1, 0.15) is 11.5 Å². The highest BCUT2D eigenvalue weighted by Gasteiger charge is 2.54. The number of aromatic nitrogens is 1. The maximum absolute atomic E-state index is 13.5. The van der Waals surface area contributed by atoms with Crippen LogP contribution in [0.5, 0.6) is 5.75 Å². The van der Waals surface area contributed by atoms with Gasteiger partial charge in [0, 0.05) is 30.4 Å². The fraction of sp³-hybridized carbons (Fsp3) is 0.485. The van der Waals surface area contributed by atoms with Gasteiger partial charge in [0.25, 0.3) is 0 Å². The third-order valence-electron chi connectivity index (χ3n) is 9.27. The van der Waals surface area contributed by atoms with E-state index < -0.39 is 5.97 Å². The Bertz CT molecular complexity index is 1340. The SMILES string of the molecule is Cc1oc(-c2ccccc2)nc1CCOc1ccc(CCC(=O)O)c(CNC(=O)C23CC4CC(CC(C4)C2)C3)c1. The summed E-state index contributed by atoms with van der Waals surface area (Å²) in [6.45, 7) is 2.72. The molecule has 1 amide bonds. The molecule has 7 rings (SSSR count). The van der Waals surface area contributed by atoms with E-state index in [2.05, 4.69) is 10.3 Å². The van der Waals surface area contributed by atoms with Gasteiger partial charge in [-0.3, -0.25) is 9.59 Å². The Hall–Kier alpha value is -3.61. The van der Waals surface area contributed by atoms with Crippen LogP contribution in [0.3, 0.4) is 0 Å². The number of benzene rings is 2. The van der Waals surface area contributed by atoms with Gasteiger partial charge in [-0.15, -0.1) is 0 Å². The minimum absolute atomic E-state index is 0.0469. The van der Waals surface area contributed by atoms with Crippen LogP contribution < -0.4 is 10.1 Å². The number of aryl methyl sites for hydroxylation is 2. The van der Waals surface area contributed by atoms with Crippen LogP contribution in [0, 0.1) is 30.1 Å². The van der Waals surface area contributed by atoms with Gasteiger partial charge in [-0.2, -0.15) is 0 Å². The number of carboxylic acid groups (broad SMARTS) is 1. The molecular formula is C33H38N2O5. The third-order valence-corrected chi connectivity index (χ3v) is 9.27. The van der Waals surface area contributed by atoms with Crippen molar-refractivity contribution in [3.8, 4) is 17.2 Å². The molecule has 4 fully saturated rings. The normalized spacial score (nSPS) is 24.7. The predicted octanol–water partition coefficient (Wildman–Crippen LogP) is 6.12. The summed E-state index contributed by atoms with van der Waals surface area (Å²) in [4.78, 5) is 29.5. The molecule has 0 unspecified atom stereocenters. The largest absolute Gasteiger partial charge is 0.493 e. The van der Waals surface area contributed by atoms with Gasteiger partial charge in [0.2, 0.25) is 11.8 Å². The lowest BCUT2D eigenvalue weighted by Crippen LogP contribution is -2.53. The van der Waals surface area contributed by atoms with E-state index in [-0.39, 0.29) is 17.7 Å². The Balaban J connectivity index is 1.11. The Kier molecular flexibility index (Phi) is 7.39. The van der Waals surface area contributed by atoms with E-state index in [0.717, 1.165) is 47.4 Å². The summed E-state index contributed by atoms with van der Waals surface area (Å²) >= 11 is 0. The zero-order valence-corrected chi connectivity index (χ0v) is 23.2. The first-order chi connectivity index (χ1) is 19.4. The zero-order chi connectivity index (χ0) is 27.7. The van der Waals surface area contributed by atoms with Crippen molar-refractivity contribution in [2.45, 2.75) is 71.3 Å². The summed E-state index contributed by atoms with van der Waals surface area (Å²) < 4.78 is 12.0. The number of nitrogens with one attached hydrogen (secondary N) is 1. The smallest absolute Gasteiger partial charge is 0.303 e. The molecule has 0 spiro atoms. The van der Waals surface area contributed by atoms with Crippen LogP contribution in [0.1, 0.15) is 67.5 Å². The van der Waals surface area contributed by atoms with E-state index >= 15 is 0 Å². The summed E-state index contributed by atoms with van der Waals surface area (Å²) in [5.41, 5.74) is 3.44. The Morgan fingerprint density at radius 3 is 2.38 bits per heavy atom. The standard InChI is InChI=1S/C33H38N2O5/c1-21-29(35-31(40-21)26-5-3-2-4-6-26)11-12-39-28-9-7-25(8-10-30(36)37)27(16-28)20-34-32(38)33-17-22-13-23(18-33)15-24(14-22)19-33/h2-7,9,16,22-24H,8,10-15,17-20H2,1H3,(H,34,38)(H,36,37). The van der Waals surface area contributed by atoms with Crippen LogP contribution in [-0.2, 0) is 29.0 Å². The number of amides is 1. The second-order valence-electron chi connectivity index (χ2n) is 12.2. The molecule has 2 N–H and O–H groups in total. The molecule has 4 saturated carbocycles. The number of hydrogen-bond donors (Lipinski definition) is 2. The van der Waals surface area contributed by atoms with Gasteiger partial charge in [-0.1, -0.05) is 24.3 Å². The van der Waals surface area contributed by atoms with Crippen molar-refractivity contribution in [1.29, 1.82) is 0 Å². The highest BCUT2D eigenvalue weighted by atomic mass is 16.5. The van der Waals surface area contributed by atoms with E-state index in [9.17, 15) is 14.7 Å². The molecule has 7 heteroatoms. The average Bonchev–Trinajstić information content (AvgIpc) is 3.31. The minimum Gasteiger partial charge on any atom is -0.493 e. The fourth-order valence-corrected chi connectivity index (χ4v) is 7.72. The average molecular weight is 543 g/mol. The van der Waals surface area contributed by atoms with Crippen LogP contribution in [0.2, 0.25) is 0 Å². The topological polar surface area (TPSA) is 102 Å². The summed E-state index contributed by atoms with van der Waals surface area (Å²) in [7, 11) is 0. The maximum atomic E-state index is 13.5. The Labute approximate surface area is 235 Å². The van der Waals surface area contributed by atoms with Crippen molar-refractivity contribution in [3.63, 3.8) is 0 Å². The van der Waals surface area contributed by atoms with Gasteiger partial charge in [-0.25, -0.2) is 4.98 Å². The third kappa shape index (κ3) is 5.65. The predicted molar refractivity (Wildman–Crippen MR) is 151 cm³/mol. The molecule has 4 aliphatic carbocycles. The highest BCUT2D eigenvalue weighted by Crippen LogP contribution is 2.60. The number of nitrogens with zero attached hydrogens (tertiary/aromatic N) is 1. The van der Waals surface area contributed by atoms with Crippen molar-refractivity contribution in [2.75, 3.05) is 6.61 Å². The molecular weight excluding hydrogens is 504 g/mol. The van der Waals surface area contributed by atoms with Crippen LogP contribution in [-0.4, -0.2) is 28.6 Å². The minimum atomic E-state index is -0.832. The van der Waals surface area contributed by atoms with Gasteiger partial charge in [0.15, 0.2) is 0 Å². The summed E-state index contributed by atoms with van der Waals surface area (Å²) in [6.07, 6.45) is 8.02. The van der Waals surface area contributed by atoms with Crippen molar-refractivity contribution < 1.29 is 23.8 Å². The van der Waals surface area contributed by atoms with E-state index in [1.807, 2.05) is 55.5 Å². The van der Waals surface area contributed by atoms with E-state index in [1.165, 1.54) is 19.3 Å². The summed E-state index contributed by atoms with van der Waals surface area (Å²) in [5, 5.41) is 12.5. The lowest BCUT2D eigenvalue weighted by atomic mass is 9.49. The van der Waals surface area contributed by atoms with Crippen molar-refractivity contribution >= 4 is 11.9 Å². The van der Waals surface area contributed by atoms with Crippen LogP contribution >= 0.6 is 0 Å². The maximum Gasteiger partial charge on any atom is 0.303 e. The molecule has 40 heavy (non-hydrogen) atoms. The number of carboxylic acids is 1. The van der Waals surface area contributed by atoms with Crippen molar-refractivity contribution in [1.82, 2.24) is 10.3 Å². The monoisotopic (exact) mass is 542 g/mol. The molecule has 0 aliphatic heterocycles. The van der Waals surface area contributed by atoms with Crippen molar-refractivity contribution in [3.05, 3.63) is 71.1 Å². The molecule has 2 aromatic carbocycles. The molecule has 0 saturated heterocycles. The van der Waals surface area contributed by atoms with Crippen LogP contribution in [0.15, 0.2) is 52.9 Å². The number of hydrogen-bond acceptors (Lipinski definition) is 5. The van der Waals surface area contributed by atoms with Crippen LogP contribution in [0.25, 0.3) is 11.5 Å². The van der Waals surface area contributed by atoms with E-state index in [4.69, 9.17) is 9.15 Å². The second-order valence-corrected chi connectivity index (χ2v) is 12.2. The summed E-state index contributed by atoms with van der Waals surface area (Å²) in [6, 6.07) is 15.6. The van der Waals surface area contributed by atoms with Gasteiger partial charge < -0.3 is 19.6 Å². The molecule has 1 heterocycles. The fourth-order valence-electron chi connectivity index (χ4n) is 7.72. The number of ether oxygens (including phenoxy) is 1. The molecule has 0 atom stereocenters.